The van der Waals surface area contributed by atoms with Gasteiger partial charge in [-0.1, -0.05) is 20.8 Å². The molecular weight excluding hydrogens is 264 g/mol. The summed E-state index contributed by atoms with van der Waals surface area (Å²) in [6, 6.07) is 0. The Bertz CT molecular complexity index is 138. The van der Waals surface area contributed by atoms with Crippen LogP contribution in [0.5, 0.6) is 0 Å². The van der Waals surface area contributed by atoms with E-state index < -0.39 is 0 Å². The fourth-order valence-corrected chi connectivity index (χ4v) is 0.876. The first-order chi connectivity index (χ1) is 9.46. The highest BCUT2D eigenvalue weighted by Gasteiger charge is 2.23. The third kappa shape index (κ3) is 15.8. The summed E-state index contributed by atoms with van der Waals surface area (Å²) in [6.07, 6.45) is 2.19. The summed E-state index contributed by atoms with van der Waals surface area (Å²) >= 11 is 0. The molecule has 0 heterocycles. The van der Waals surface area contributed by atoms with Crippen molar-refractivity contribution in [3.8, 4) is 0 Å². The van der Waals surface area contributed by atoms with Crippen molar-refractivity contribution in [1.82, 2.24) is 0 Å². The first kappa shape index (κ1) is 24.8. The zero-order valence-electron chi connectivity index (χ0n) is 13.1. The number of hydrogen-bond donors (Lipinski definition) is 6. The average molecular weight is 298 g/mol. The minimum absolute atomic E-state index is 0.0463. The van der Waals surface area contributed by atoms with E-state index in [9.17, 15) is 0 Å². The summed E-state index contributed by atoms with van der Waals surface area (Å²) in [6.45, 7) is 6.28. The van der Waals surface area contributed by atoms with Gasteiger partial charge in [-0.2, -0.15) is 0 Å². The van der Waals surface area contributed by atoms with Crippen molar-refractivity contribution in [3.63, 3.8) is 0 Å². The fraction of sp³-hybridized carbons (Fsp3) is 1.00. The lowest BCUT2D eigenvalue weighted by atomic mass is 9.84. The molecule has 0 aliphatic carbocycles. The minimum Gasteiger partial charge on any atom is -0.396 e. The maximum Gasteiger partial charge on any atom is 0.0509 e. The van der Waals surface area contributed by atoms with Crippen LogP contribution in [0.25, 0.3) is 0 Å². The summed E-state index contributed by atoms with van der Waals surface area (Å²) in [5.41, 5.74) is -0.222. The van der Waals surface area contributed by atoms with Crippen LogP contribution in [-0.4, -0.2) is 70.3 Å². The molecule has 0 saturated heterocycles. The highest BCUT2D eigenvalue weighted by atomic mass is 16.3. The Morgan fingerprint density at radius 2 is 1.10 bits per heavy atom. The number of rotatable bonds is 8. The van der Waals surface area contributed by atoms with Crippen molar-refractivity contribution in [3.05, 3.63) is 0 Å². The van der Waals surface area contributed by atoms with Gasteiger partial charge in [-0.25, -0.2) is 0 Å². The van der Waals surface area contributed by atoms with Gasteiger partial charge < -0.3 is 30.6 Å². The molecule has 0 rings (SSSR count). The molecule has 126 valence electrons. The van der Waals surface area contributed by atoms with Crippen molar-refractivity contribution in [2.45, 2.75) is 40.0 Å². The fourth-order valence-electron chi connectivity index (χ4n) is 0.876. The van der Waals surface area contributed by atoms with Crippen molar-refractivity contribution >= 4 is 0 Å². The predicted octanol–water partition coefficient (Wildman–Crippen LogP) is -0.254. The van der Waals surface area contributed by atoms with Gasteiger partial charge in [0.1, 0.15) is 0 Å². The molecule has 6 nitrogen and oxygen atoms in total. The molecule has 6 heteroatoms. The lowest BCUT2D eigenvalue weighted by Gasteiger charge is -2.25. The zero-order valence-corrected chi connectivity index (χ0v) is 13.1. The van der Waals surface area contributed by atoms with Crippen molar-refractivity contribution < 1.29 is 30.6 Å². The quantitative estimate of drug-likeness (QED) is 0.367. The third-order valence-corrected chi connectivity index (χ3v) is 3.11. The average Bonchev–Trinajstić information content (AvgIpc) is 2.51. The molecule has 0 fully saturated rings. The van der Waals surface area contributed by atoms with Crippen LogP contribution in [0.3, 0.4) is 0 Å². The predicted molar refractivity (Wildman–Crippen MR) is 79.3 cm³/mol. The largest absolute Gasteiger partial charge is 0.396 e. The summed E-state index contributed by atoms with van der Waals surface area (Å²) < 4.78 is 0. The first-order valence-corrected chi connectivity index (χ1v) is 7.12. The van der Waals surface area contributed by atoms with Crippen LogP contribution in [0.1, 0.15) is 40.0 Å². The Morgan fingerprint density at radius 1 is 0.750 bits per heavy atom. The molecule has 0 saturated carbocycles. The molecule has 0 atom stereocenters. The van der Waals surface area contributed by atoms with E-state index in [1.165, 1.54) is 0 Å². The SMILES string of the molecule is CC(CO)CO.CCC(CC)(CO)CO.OCCCO. The third-order valence-electron chi connectivity index (χ3n) is 3.11. The van der Waals surface area contributed by atoms with Gasteiger partial charge in [0.15, 0.2) is 0 Å². The molecule has 0 radical (unpaired) electrons. The Labute approximate surface area is 122 Å². The van der Waals surface area contributed by atoms with Crippen LogP contribution in [0.2, 0.25) is 0 Å². The molecule has 6 N–H and O–H groups in total. The van der Waals surface area contributed by atoms with E-state index in [4.69, 9.17) is 30.6 Å². The van der Waals surface area contributed by atoms with E-state index in [-0.39, 0.29) is 51.0 Å². The lowest BCUT2D eigenvalue weighted by Crippen LogP contribution is -2.27. The van der Waals surface area contributed by atoms with Gasteiger partial charge in [0.25, 0.3) is 0 Å². The molecule has 0 aliphatic heterocycles. The molecule has 0 aromatic heterocycles. The van der Waals surface area contributed by atoms with Crippen LogP contribution in [-0.2, 0) is 0 Å². The van der Waals surface area contributed by atoms with Crippen LogP contribution < -0.4 is 0 Å². The number of hydrogen-bond acceptors (Lipinski definition) is 6. The van der Waals surface area contributed by atoms with E-state index in [2.05, 4.69) is 0 Å². The molecule has 0 unspecified atom stereocenters. The summed E-state index contributed by atoms with van der Waals surface area (Å²) in [7, 11) is 0. The van der Waals surface area contributed by atoms with Crippen LogP contribution in [0, 0.1) is 11.3 Å². The first-order valence-electron chi connectivity index (χ1n) is 7.12. The van der Waals surface area contributed by atoms with Crippen molar-refractivity contribution in [2.75, 3.05) is 39.6 Å². The van der Waals surface area contributed by atoms with Crippen LogP contribution in [0.15, 0.2) is 0 Å². The van der Waals surface area contributed by atoms with E-state index >= 15 is 0 Å². The Hall–Kier alpha value is -0.240. The summed E-state index contributed by atoms with van der Waals surface area (Å²) in [4.78, 5) is 0. The molecule has 0 aromatic carbocycles. The van der Waals surface area contributed by atoms with Gasteiger partial charge in [0.05, 0.1) is 13.2 Å². The second kappa shape index (κ2) is 18.8. The molecule has 0 aromatic rings. The smallest absolute Gasteiger partial charge is 0.0509 e. The number of aliphatic hydroxyl groups excluding tert-OH is 6. The van der Waals surface area contributed by atoms with E-state index in [1.54, 1.807) is 6.92 Å². The highest BCUT2D eigenvalue weighted by Crippen LogP contribution is 2.23. The van der Waals surface area contributed by atoms with Crippen LogP contribution in [0.4, 0.5) is 0 Å². The molecule has 0 amide bonds. The second-order valence-electron chi connectivity index (χ2n) is 4.79. The molecule has 0 spiro atoms. The molecule has 0 bridgehead atoms. The monoisotopic (exact) mass is 298 g/mol. The van der Waals surface area contributed by atoms with Crippen molar-refractivity contribution in [2.24, 2.45) is 11.3 Å². The van der Waals surface area contributed by atoms with Crippen LogP contribution >= 0.6 is 0 Å². The standard InChI is InChI=1S/C7H16O2.C4H10O2.C3H8O2/c1-3-7(4-2,5-8)6-9;1-4(2-5)3-6;4-2-1-3-5/h8-9H,3-6H2,1-2H3;4-6H,2-3H2,1H3;4-5H,1-3H2. The van der Waals surface area contributed by atoms with Gasteiger partial charge >= 0.3 is 0 Å². The maximum atomic E-state index is 8.82. The second-order valence-corrected chi connectivity index (χ2v) is 4.79. The Kier molecular flexibility index (Phi) is 23.2. The van der Waals surface area contributed by atoms with Gasteiger partial charge in [0.2, 0.25) is 0 Å². The molecular formula is C14H34O6. The molecule has 0 aliphatic rings. The lowest BCUT2D eigenvalue weighted by molar-refractivity contribution is 0.0480. The van der Waals surface area contributed by atoms with Gasteiger partial charge in [-0.05, 0) is 19.3 Å². The summed E-state index contributed by atoms with van der Waals surface area (Å²) in [5, 5.41) is 49.8. The van der Waals surface area contributed by atoms with Gasteiger partial charge in [0, 0.05) is 37.8 Å². The van der Waals surface area contributed by atoms with E-state index in [0.717, 1.165) is 12.8 Å². The van der Waals surface area contributed by atoms with Crippen molar-refractivity contribution in [1.29, 1.82) is 0 Å². The Balaban J connectivity index is -0.000000230. The van der Waals surface area contributed by atoms with E-state index in [1.807, 2.05) is 13.8 Å². The Morgan fingerprint density at radius 3 is 1.10 bits per heavy atom. The topological polar surface area (TPSA) is 121 Å². The summed E-state index contributed by atoms with van der Waals surface area (Å²) in [5.74, 6) is 0.0463. The highest BCUT2D eigenvalue weighted by molar-refractivity contribution is 4.73. The number of aliphatic hydroxyl groups is 6. The molecule has 20 heavy (non-hydrogen) atoms. The minimum atomic E-state index is -0.222. The van der Waals surface area contributed by atoms with Gasteiger partial charge in [-0.15, -0.1) is 0 Å². The zero-order chi connectivity index (χ0) is 16.4. The normalized spacial score (nSPS) is 10.5. The van der Waals surface area contributed by atoms with E-state index in [0.29, 0.717) is 6.42 Å². The maximum absolute atomic E-state index is 8.82. The van der Waals surface area contributed by atoms with Gasteiger partial charge in [-0.3, -0.25) is 0 Å².